The molecule has 3 aromatic rings. The van der Waals surface area contributed by atoms with Crippen LogP contribution in [-0.4, -0.2) is 24.9 Å². The van der Waals surface area contributed by atoms with Crippen molar-refractivity contribution in [3.05, 3.63) is 83.9 Å². The van der Waals surface area contributed by atoms with Gasteiger partial charge in [-0.25, -0.2) is 14.3 Å². The summed E-state index contributed by atoms with van der Waals surface area (Å²) in [4.78, 5) is 36.4. The van der Waals surface area contributed by atoms with E-state index in [0.717, 1.165) is 10.1 Å². The first-order valence-electron chi connectivity index (χ1n) is 8.60. The average Bonchev–Trinajstić information content (AvgIpc) is 2.96. The van der Waals surface area contributed by atoms with E-state index < -0.39 is 17.2 Å². The number of halogens is 2. The van der Waals surface area contributed by atoms with Crippen LogP contribution in [0, 0.1) is 6.92 Å². The first-order valence-corrected chi connectivity index (χ1v) is 9.35. The molecular formula is C19H18Cl2N4O4. The highest BCUT2D eigenvalue weighted by atomic mass is 35.5. The van der Waals surface area contributed by atoms with Crippen molar-refractivity contribution in [1.82, 2.24) is 18.9 Å². The standard InChI is InChI=1S/C19H18Cl2N4O4/c1-11-16(17(21)25(22-11)9-12-6-4-5-7-14(12)20)18(27)29-10-13-8-15(26)24(3)19(28)23(13)2/h4-8H,9-10H2,1-3H3. The molecule has 0 amide bonds. The predicted molar refractivity (Wildman–Crippen MR) is 109 cm³/mol. The maximum Gasteiger partial charge on any atom is 0.343 e. The van der Waals surface area contributed by atoms with Gasteiger partial charge in [0.15, 0.2) is 0 Å². The van der Waals surface area contributed by atoms with E-state index in [-0.39, 0.29) is 29.6 Å². The van der Waals surface area contributed by atoms with Gasteiger partial charge in [0.05, 0.1) is 17.9 Å². The molecule has 8 nitrogen and oxygen atoms in total. The lowest BCUT2D eigenvalue weighted by molar-refractivity contribution is 0.0462. The SMILES string of the molecule is Cc1nn(Cc2ccccc2Cl)c(Cl)c1C(=O)OCc1cc(=O)n(C)c(=O)n1C. The zero-order valence-corrected chi connectivity index (χ0v) is 17.5. The molecule has 29 heavy (non-hydrogen) atoms. The molecule has 0 bridgehead atoms. The molecular weight excluding hydrogens is 419 g/mol. The summed E-state index contributed by atoms with van der Waals surface area (Å²) in [5.74, 6) is -0.703. The van der Waals surface area contributed by atoms with E-state index in [1.807, 2.05) is 18.2 Å². The van der Waals surface area contributed by atoms with Crippen molar-refractivity contribution in [1.29, 1.82) is 0 Å². The monoisotopic (exact) mass is 436 g/mol. The molecule has 0 aliphatic rings. The third-order valence-corrected chi connectivity index (χ3v) is 5.28. The zero-order valence-electron chi connectivity index (χ0n) is 16.0. The maximum absolute atomic E-state index is 12.6. The van der Waals surface area contributed by atoms with E-state index >= 15 is 0 Å². The smallest absolute Gasteiger partial charge is 0.343 e. The highest BCUT2D eigenvalue weighted by Gasteiger charge is 2.22. The Kier molecular flexibility index (Phi) is 5.95. The van der Waals surface area contributed by atoms with Gasteiger partial charge in [-0.1, -0.05) is 41.4 Å². The Morgan fingerprint density at radius 1 is 1.14 bits per heavy atom. The largest absolute Gasteiger partial charge is 0.456 e. The second kappa shape index (κ2) is 8.26. The summed E-state index contributed by atoms with van der Waals surface area (Å²) in [5, 5.41) is 4.98. The number of esters is 1. The summed E-state index contributed by atoms with van der Waals surface area (Å²) >= 11 is 12.5. The van der Waals surface area contributed by atoms with Gasteiger partial charge >= 0.3 is 11.7 Å². The fourth-order valence-electron chi connectivity index (χ4n) is 2.81. The van der Waals surface area contributed by atoms with E-state index in [9.17, 15) is 14.4 Å². The number of ether oxygens (including phenoxy) is 1. The lowest BCUT2D eigenvalue weighted by Crippen LogP contribution is -2.38. The minimum Gasteiger partial charge on any atom is -0.456 e. The van der Waals surface area contributed by atoms with Crippen LogP contribution in [0.2, 0.25) is 10.2 Å². The van der Waals surface area contributed by atoms with Gasteiger partial charge in [-0.15, -0.1) is 0 Å². The highest BCUT2D eigenvalue weighted by molar-refractivity contribution is 6.33. The Morgan fingerprint density at radius 3 is 2.52 bits per heavy atom. The number of nitrogens with zero attached hydrogens (tertiary/aromatic N) is 4. The van der Waals surface area contributed by atoms with Crippen molar-refractivity contribution in [2.24, 2.45) is 14.1 Å². The molecule has 0 fully saturated rings. The number of aromatic nitrogens is 4. The van der Waals surface area contributed by atoms with Gasteiger partial charge in [0.2, 0.25) is 0 Å². The number of benzene rings is 1. The molecule has 2 aromatic heterocycles. The second-order valence-corrected chi connectivity index (χ2v) is 7.22. The molecule has 0 radical (unpaired) electrons. The van der Waals surface area contributed by atoms with Crippen molar-refractivity contribution in [3.8, 4) is 0 Å². The second-order valence-electron chi connectivity index (χ2n) is 6.45. The van der Waals surface area contributed by atoms with E-state index in [1.165, 1.54) is 29.4 Å². The third kappa shape index (κ3) is 4.13. The first kappa shape index (κ1) is 20.9. The lowest BCUT2D eigenvalue weighted by atomic mass is 10.2. The Labute approximate surface area is 175 Å². The van der Waals surface area contributed by atoms with Gasteiger partial charge in [-0.2, -0.15) is 5.10 Å². The van der Waals surface area contributed by atoms with Crippen LogP contribution in [0.3, 0.4) is 0 Å². The number of hydrogen-bond donors (Lipinski definition) is 0. The number of aryl methyl sites for hydroxylation is 1. The molecule has 0 aliphatic carbocycles. The average molecular weight is 437 g/mol. The van der Waals surface area contributed by atoms with Crippen LogP contribution in [-0.2, 0) is 32.0 Å². The van der Waals surface area contributed by atoms with Gasteiger partial charge in [0.1, 0.15) is 17.3 Å². The number of rotatable bonds is 5. The molecule has 0 atom stereocenters. The van der Waals surface area contributed by atoms with Crippen molar-refractivity contribution < 1.29 is 9.53 Å². The van der Waals surface area contributed by atoms with E-state index in [0.29, 0.717) is 10.7 Å². The molecule has 0 saturated heterocycles. The minimum atomic E-state index is -0.703. The third-order valence-electron chi connectivity index (χ3n) is 4.52. The maximum atomic E-state index is 12.6. The topological polar surface area (TPSA) is 88.1 Å². The molecule has 0 N–H and O–H groups in total. The molecule has 2 heterocycles. The Morgan fingerprint density at radius 2 is 1.83 bits per heavy atom. The van der Waals surface area contributed by atoms with Crippen LogP contribution in [0.5, 0.6) is 0 Å². The van der Waals surface area contributed by atoms with Gasteiger partial charge in [0.25, 0.3) is 5.56 Å². The van der Waals surface area contributed by atoms with Gasteiger partial charge in [0, 0.05) is 25.2 Å². The van der Waals surface area contributed by atoms with Gasteiger partial charge < -0.3 is 4.74 Å². The Bertz CT molecular complexity index is 1210. The van der Waals surface area contributed by atoms with Crippen LogP contribution in [0.1, 0.15) is 27.3 Å². The normalized spacial score (nSPS) is 10.9. The number of hydrogen-bond acceptors (Lipinski definition) is 5. The van der Waals surface area contributed by atoms with Gasteiger partial charge in [-0.05, 0) is 18.6 Å². The van der Waals surface area contributed by atoms with Gasteiger partial charge in [-0.3, -0.25) is 13.9 Å². The molecule has 3 rings (SSSR count). The molecule has 0 saturated carbocycles. The van der Waals surface area contributed by atoms with Crippen LogP contribution < -0.4 is 11.2 Å². The lowest BCUT2D eigenvalue weighted by Gasteiger charge is -2.10. The van der Waals surface area contributed by atoms with E-state index in [1.54, 1.807) is 13.0 Å². The van der Waals surface area contributed by atoms with Crippen molar-refractivity contribution in [2.75, 3.05) is 0 Å². The summed E-state index contributed by atoms with van der Waals surface area (Å²) in [5.41, 5.74) is 0.584. The Balaban J connectivity index is 1.82. The van der Waals surface area contributed by atoms with Crippen LogP contribution in [0.15, 0.2) is 39.9 Å². The predicted octanol–water partition coefficient (Wildman–Crippen LogP) is 2.30. The Hall–Kier alpha value is -2.84. The van der Waals surface area contributed by atoms with Crippen molar-refractivity contribution >= 4 is 29.2 Å². The number of carbonyl (C=O) groups is 1. The summed E-state index contributed by atoms with van der Waals surface area (Å²) in [6.45, 7) is 1.67. The van der Waals surface area contributed by atoms with Crippen LogP contribution >= 0.6 is 23.2 Å². The van der Waals surface area contributed by atoms with E-state index in [4.69, 9.17) is 27.9 Å². The first-order chi connectivity index (χ1) is 13.7. The zero-order chi connectivity index (χ0) is 21.3. The molecule has 0 aliphatic heterocycles. The van der Waals surface area contributed by atoms with Crippen molar-refractivity contribution in [3.63, 3.8) is 0 Å². The summed E-state index contributed by atoms with van der Waals surface area (Å²) in [6.07, 6.45) is 0. The summed E-state index contributed by atoms with van der Waals surface area (Å²) in [7, 11) is 2.86. The summed E-state index contributed by atoms with van der Waals surface area (Å²) in [6, 6.07) is 8.49. The fraction of sp³-hybridized carbons (Fsp3) is 0.263. The van der Waals surface area contributed by atoms with E-state index in [2.05, 4.69) is 5.10 Å². The summed E-state index contributed by atoms with van der Waals surface area (Å²) < 4.78 is 8.95. The molecule has 152 valence electrons. The highest BCUT2D eigenvalue weighted by Crippen LogP contribution is 2.24. The molecule has 1 aromatic carbocycles. The number of carbonyl (C=O) groups excluding carboxylic acids is 1. The molecule has 0 spiro atoms. The molecule has 0 unspecified atom stereocenters. The van der Waals surface area contributed by atoms with Crippen molar-refractivity contribution in [2.45, 2.75) is 20.1 Å². The van der Waals surface area contributed by atoms with Crippen LogP contribution in [0.25, 0.3) is 0 Å². The fourth-order valence-corrected chi connectivity index (χ4v) is 3.31. The minimum absolute atomic E-state index is 0.116. The van der Waals surface area contributed by atoms with Crippen LogP contribution in [0.4, 0.5) is 0 Å². The quantitative estimate of drug-likeness (QED) is 0.572. The molecule has 10 heteroatoms.